The van der Waals surface area contributed by atoms with E-state index in [2.05, 4.69) is 35.6 Å². The van der Waals surface area contributed by atoms with Crippen LogP contribution in [0.2, 0.25) is 29.7 Å². The van der Waals surface area contributed by atoms with Gasteiger partial charge in [-0.25, -0.2) is 0 Å². The summed E-state index contributed by atoms with van der Waals surface area (Å²) in [4.78, 5) is 0. The van der Waals surface area contributed by atoms with Crippen molar-refractivity contribution < 1.29 is 4.43 Å². The summed E-state index contributed by atoms with van der Waals surface area (Å²) in [5.41, 5.74) is 0. The molecule has 0 atom stereocenters. The molecule has 0 aliphatic carbocycles. The predicted octanol–water partition coefficient (Wildman–Crippen LogP) is 4.97. The quantitative estimate of drug-likeness (QED) is 0.553. The van der Waals surface area contributed by atoms with Crippen molar-refractivity contribution in [1.82, 2.24) is 0 Å². The van der Waals surface area contributed by atoms with Crippen molar-refractivity contribution in [1.29, 1.82) is 0 Å². The molecule has 14 heavy (non-hydrogen) atoms. The van der Waals surface area contributed by atoms with E-state index in [1.54, 1.807) is 12.1 Å². The average molecular weight is 314 g/mol. The number of rotatable bonds is 2. The number of benzene rings is 1. The Labute approximate surface area is 104 Å². The molecule has 0 radical (unpaired) electrons. The Kier molecular flexibility index (Phi) is 3.92. The molecule has 1 rings (SSSR count). The van der Waals surface area contributed by atoms with Crippen molar-refractivity contribution in [2.75, 3.05) is 0 Å². The molecule has 0 fully saturated rings. The van der Waals surface area contributed by atoms with Crippen LogP contribution in [-0.4, -0.2) is 8.32 Å². The van der Waals surface area contributed by atoms with Crippen LogP contribution in [0.25, 0.3) is 0 Å². The largest absolute Gasteiger partial charge is 0.543 e. The van der Waals surface area contributed by atoms with Gasteiger partial charge in [0.05, 0.1) is 10.0 Å². The third-order valence-electron chi connectivity index (χ3n) is 1.39. The normalized spacial score (nSPS) is 11.6. The van der Waals surface area contributed by atoms with Crippen LogP contribution in [0, 0.1) is 0 Å². The first-order valence-corrected chi connectivity index (χ1v) is 9.09. The van der Waals surface area contributed by atoms with Crippen LogP contribution in [0.4, 0.5) is 0 Å². The van der Waals surface area contributed by atoms with Crippen LogP contribution in [-0.2, 0) is 0 Å². The highest BCUT2D eigenvalue weighted by Gasteiger charge is 2.18. The predicted molar refractivity (Wildman–Crippen MR) is 68.1 cm³/mol. The Balaban J connectivity index is 3.04. The Bertz CT molecular complexity index is 349. The van der Waals surface area contributed by atoms with Crippen molar-refractivity contribution in [2.24, 2.45) is 0 Å². The lowest BCUT2D eigenvalue weighted by atomic mass is 10.3. The third kappa shape index (κ3) is 3.46. The van der Waals surface area contributed by atoms with Gasteiger partial charge in [-0.15, -0.1) is 0 Å². The summed E-state index contributed by atoms with van der Waals surface area (Å²) < 4.78 is 6.55. The van der Waals surface area contributed by atoms with Crippen LogP contribution in [0.5, 0.6) is 5.75 Å². The minimum atomic E-state index is -1.63. The van der Waals surface area contributed by atoms with E-state index in [4.69, 9.17) is 27.6 Å². The first-order valence-electron chi connectivity index (χ1n) is 4.13. The first-order chi connectivity index (χ1) is 6.29. The topological polar surface area (TPSA) is 9.23 Å². The van der Waals surface area contributed by atoms with Gasteiger partial charge in [-0.05, 0) is 41.6 Å². The first kappa shape index (κ1) is 12.4. The molecule has 0 saturated carbocycles. The molecule has 0 aliphatic heterocycles. The van der Waals surface area contributed by atoms with Gasteiger partial charge in [0.1, 0.15) is 5.75 Å². The molecule has 0 saturated heterocycles. The molecular weight excluding hydrogens is 303 g/mol. The van der Waals surface area contributed by atoms with Gasteiger partial charge in [-0.3, -0.25) is 0 Å². The summed E-state index contributed by atoms with van der Waals surface area (Å²) >= 11 is 15.3. The van der Waals surface area contributed by atoms with Crippen molar-refractivity contribution in [3.63, 3.8) is 0 Å². The lowest BCUT2D eigenvalue weighted by Gasteiger charge is -2.20. The Morgan fingerprint density at radius 3 is 2.21 bits per heavy atom. The second-order valence-corrected chi connectivity index (χ2v) is 10.0. The molecule has 0 amide bonds. The summed E-state index contributed by atoms with van der Waals surface area (Å²) in [7, 11) is -1.63. The molecule has 0 aromatic heterocycles. The van der Waals surface area contributed by atoms with Crippen LogP contribution in [0.1, 0.15) is 0 Å². The third-order valence-corrected chi connectivity index (χ3v) is 3.72. The Hall–Kier alpha value is 0.297. The minimum Gasteiger partial charge on any atom is -0.543 e. The summed E-state index contributed by atoms with van der Waals surface area (Å²) in [5, 5.41) is 1.20. The zero-order valence-corrected chi connectivity index (χ0v) is 12.3. The summed E-state index contributed by atoms with van der Waals surface area (Å²) in [6.07, 6.45) is 0. The summed E-state index contributed by atoms with van der Waals surface area (Å²) in [6.45, 7) is 6.29. The maximum atomic E-state index is 6.02. The second kappa shape index (κ2) is 4.43. The van der Waals surface area contributed by atoms with E-state index < -0.39 is 8.32 Å². The van der Waals surface area contributed by atoms with E-state index in [0.717, 1.165) is 4.47 Å². The fraction of sp³-hybridized carbons (Fsp3) is 0.333. The number of halogens is 3. The molecule has 0 N–H and O–H groups in total. The monoisotopic (exact) mass is 312 g/mol. The van der Waals surface area contributed by atoms with Crippen molar-refractivity contribution in [3.05, 3.63) is 26.7 Å². The number of hydrogen-bond donors (Lipinski definition) is 0. The van der Waals surface area contributed by atoms with Gasteiger partial charge in [0.15, 0.2) is 0 Å². The van der Waals surface area contributed by atoms with Crippen LogP contribution < -0.4 is 4.43 Å². The van der Waals surface area contributed by atoms with E-state index in [1.165, 1.54) is 0 Å². The zero-order chi connectivity index (χ0) is 10.9. The molecule has 1 aromatic rings. The van der Waals surface area contributed by atoms with Gasteiger partial charge in [-0.2, -0.15) is 0 Å². The minimum absolute atomic E-state index is 0.587. The van der Waals surface area contributed by atoms with E-state index in [9.17, 15) is 0 Å². The lowest BCUT2D eigenvalue weighted by molar-refractivity contribution is 0.558. The molecule has 78 valence electrons. The van der Waals surface area contributed by atoms with Gasteiger partial charge >= 0.3 is 0 Å². The van der Waals surface area contributed by atoms with Crippen LogP contribution >= 0.6 is 39.1 Å². The van der Waals surface area contributed by atoms with E-state index in [0.29, 0.717) is 15.8 Å². The molecule has 0 aliphatic rings. The SMILES string of the molecule is C[Si](C)(C)Oc1cc(Cl)c(Br)cc1Cl. The fourth-order valence-corrected chi connectivity index (χ4v) is 2.64. The zero-order valence-electron chi connectivity index (χ0n) is 8.20. The van der Waals surface area contributed by atoms with Crippen molar-refractivity contribution >= 4 is 47.4 Å². The van der Waals surface area contributed by atoms with Gasteiger partial charge in [0.2, 0.25) is 8.32 Å². The Morgan fingerprint density at radius 2 is 1.71 bits per heavy atom. The standard InChI is InChI=1S/C9H11BrCl2OSi/c1-14(2,3)13-9-5-7(11)6(10)4-8(9)12/h4-5H,1-3H3. The molecule has 1 nitrogen and oxygen atoms in total. The molecular formula is C9H11BrCl2OSi. The maximum absolute atomic E-state index is 6.02. The summed E-state index contributed by atoms with van der Waals surface area (Å²) in [6, 6.07) is 3.49. The highest BCUT2D eigenvalue weighted by Crippen LogP contribution is 2.35. The maximum Gasteiger partial charge on any atom is 0.242 e. The second-order valence-electron chi connectivity index (χ2n) is 3.91. The average Bonchev–Trinajstić information content (AvgIpc) is 1.97. The molecule has 0 spiro atoms. The van der Waals surface area contributed by atoms with Crippen molar-refractivity contribution in [2.45, 2.75) is 19.6 Å². The van der Waals surface area contributed by atoms with E-state index in [-0.39, 0.29) is 0 Å². The highest BCUT2D eigenvalue weighted by molar-refractivity contribution is 9.10. The molecule has 5 heteroatoms. The van der Waals surface area contributed by atoms with Gasteiger partial charge in [-0.1, -0.05) is 23.2 Å². The Morgan fingerprint density at radius 1 is 1.14 bits per heavy atom. The smallest absolute Gasteiger partial charge is 0.242 e. The fourth-order valence-electron chi connectivity index (χ4n) is 0.912. The van der Waals surface area contributed by atoms with Crippen molar-refractivity contribution in [3.8, 4) is 5.75 Å². The lowest BCUT2D eigenvalue weighted by Crippen LogP contribution is -2.29. The highest BCUT2D eigenvalue weighted by atomic mass is 79.9. The van der Waals surface area contributed by atoms with Crippen LogP contribution in [0.15, 0.2) is 16.6 Å². The molecule has 0 unspecified atom stereocenters. The molecule has 0 bridgehead atoms. The van der Waals surface area contributed by atoms with Gasteiger partial charge < -0.3 is 4.43 Å². The summed E-state index contributed by atoms with van der Waals surface area (Å²) in [5.74, 6) is 0.666. The van der Waals surface area contributed by atoms with E-state index >= 15 is 0 Å². The molecule has 0 heterocycles. The number of hydrogen-bond acceptors (Lipinski definition) is 1. The van der Waals surface area contributed by atoms with E-state index in [1.807, 2.05) is 0 Å². The molecule has 1 aromatic carbocycles. The van der Waals surface area contributed by atoms with Gasteiger partial charge in [0.25, 0.3) is 0 Å². The van der Waals surface area contributed by atoms with Gasteiger partial charge in [0, 0.05) is 10.5 Å². The van der Waals surface area contributed by atoms with Crippen LogP contribution in [0.3, 0.4) is 0 Å².